The van der Waals surface area contributed by atoms with Crippen LogP contribution in [0.15, 0.2) is 82.0 Å². The summed E-state index contributed by atoms with van der Waals surface area (Å²) in [6.07, 6.45) is 2.56. The largest absolute Gasteiger partial charge is 0.502 e. The molecule has 3 N–H and O–H groups in total. The molecular formula is C25H22BrN5O5. The van der Waals surface area contributed by atoms with Crippen molar-refractivity contribution in [2.45, 2.75) is 0 Å². The summed E-state index contributed by atoms with van der Waals surface area (Å²) in [6.45, 7) is 0. The second-order valence-corrected chi connectivity index (χ2v) is 8.60. The van der Waals surface area contributed by atoms with E-state index in [2.05, 4.69) is 31.8 Å². The van der Waals surface area contributed by atoms with Crippen LogP contribution in [0.2, 0.25) is 0 Å². The lowest BCUT2D eigenvalue weighted by Gasteiger charge is -2.12. The highest BCUT2D eigenvalue weighted by molar-refractivity contribution is 9.10. The van der Waals surface area contributed by atoms with Crippen molar-refractivity contribution in [1.29, 1.82) is 0 Å². The van der Waals surface area contributed by atoms with E-state index in [-0.39, 0.29) is 11.3 Å². The Kier molecular flexibility index (Phi) is 8.52. The molecule has 0 fully saturated rings. The highest BCUT2D eigenvalue weighted by Gasteiger charge is 2.18. The van der Waals surface area contributed by atoms with Gasteiger partial charge in [0.2, 0.25) is 5.75 Å². The number of aromatic hydroxyl groups is 1. The normalized spacial score (nSPS) is 11.2. The van der Waals surface area contributed by atoms with Gasteiger partial charge in [-0.1, -0.05) is 46.3 Å². The van der Waals surface area contributed by atoms with Crippen molar-refractivity contribution >= 4 is 51.4 Å². The molecule has 0 heterocycles. The smallest absolute Gasteiger partial charge is 0.312 e. The monoisotopic (exact) mass is 551 g/mol. The molecule has 0 saturated heterocycles. The molecule has 3 aromatic carbocycles. The van der Waals surface area contributed by atoms with E-state index < -0.39 is 28.2 Å². The quantitative estimate of drug-likeness (QED) is 0.167. The fourth-order valence-electron chi connectivity index (χ4n) is 3.04. The van der Waals surface area contributed by atoms with E-state index in [1.807, 2.05) is 31.1 Å². The van der Waals surface area contributed by atoms with Crippen LogP contribution in [0.5, 0.6) is 5.75 Å². The van der Waals surface area contributed by atoms with Crippen LogP contribution in [0.25, 0.3) is 6.08 Å². The Balaban J connectivity index is 1.86. The molecule has 11 heteroatoms. The van der Waals surface area contributed by atoms with Crippen molar-refractivity contribution in [3.8, 4) is 5.75 Å². The van der Waals surface area contributed by atoms with Gasteiger partial charge in [0.1, 0.15) is 5.70 Å². The number of hydrazone groups is 1. The van der Waals surface area contributed by atoms with E-state index in [9.17, 15) is 24.8 Å². The van der Waals surface area contributed by atoms with Crippen molar-refractivity contribution < 1.29 is 19.6 Å². The van der Waals surface area contributed by atoms with Crippen molar-refractivity contribution in [3.63, 3.8) is 0 Å². The number of carbonyl (C=O) groups excluding carboxylic acids is 2. The van der Waals surface area contributed by atoms with Gasteiger partial charge in [0.25, 0.3) is 11.8 Å². The first-order valence-corrected chi connectivity index (χ1v) is 11.3. The van der Waals surface area contributed by atoms with Crippen molar-refractivity contribution in [2.24, 2.45) is 5.10 Å². The number of nitrogens with zero attached hydrogens (tertiary/aromatic N) is 3. The first-order chi connectivity index (χ1) is 17.2. The van der Waals surface area contributed by atoms with Gasteiger partial charge in [-0.25, -0.2) is 5.43 Å². The number of nitro groups is 1. The van der Waals surface area contributed by atoms with Crippen LogP contribution < -0.4 is 15.6 Å². The Morgan fingerprint density at radius 3 is 2.36 bits per heavy atom. The average molecular weight is 552 g/mol. The van der Waals surface area contributed by atoms with Gasteiger partial charge in [-0.2, -0.15) is 5.10 Å². The maximum Gasteiger partial charge on any atom is 0.312 e. The number of rotatable bonds is 8. The molecule has 0 atom stereocenters. The molecule has 0 spiro atoms. The Hall–Kier alpha value is -4.51. The number of nitrogens with one attached hydrogen (secondary N) is 2. The summed E-state index contributed by atoms with van der Waals surface area (Å²) in [4.78, 5) is 37.9. The predicted molar refractivity (Wildman–Crippen MR) is 141 cm³/mol. The lowest BCUT2D eigenvalue weighted by atomic mass is 10.1. The average Bonchev–Trinajstić information content (AvgIpc) is 2.86. The van der Waals surface area contributed by atoms with E-state index in [0.717, 1.165) is 18.0 Å². The van der Waals surface area contributed by atoms with Gasteiger partial charge in [0.15, 0.2) is 0 Å². The zero-order valence-electron chi connectivity index (χ0n) is 19.3. The molecule has 0 radical (unpaired) electrons. The van der Waals surface area contributed by atoms with Gasteiger partial charge in [-0.05, 0) is 42.0 Å². The maximum atomic E-state index is 12.9. The Morgan fingerprint density at radius 1 is 1.08 bits per heavy atom. The van der Waals surface area contributed by atoms with E-state index in [0.29, 0.717) is 15.6 Å². The molecule has 0 aliphatic carbocycles. The SMILES string of the molecule is CN(C)c1ccc(C=C(NC(=O)c2ccccc2)C(=O)N/N=C/c2cc(Br)cc([N+](=O)[O-])c2O)cc1. The molecule has 0 aliphatic rings. The molecule has 10 nitrogen and oxygen atoms in total. The maximum absolute atomic E-state index is 12.9. The number of anilines is 1. The molecule has 36 heavy (non-hydrogen) atoms. The van der Waals surface area contributed by atoms with Crippen LogP contribution in [0, 0.1) is 10.1 Å². The molecule has 0 aromatic heterocycles. The predicted octanol–water partition coefficient (Wildman–Crippen LogP) is 4.05. The second-order valence-electron chi connectivity index (χ2n) is 7.68. The van der Waals surface area contributed by atoms with Gasteiger partial charge < -0.3 is 15.3 Å². The topological polar surface area (TPSA) is 137 Å². The standard InChI is InChI=1S/C25H22BrN5O5/c1-30(2)20-10-8-16(9-11-20)12-21(28-24(33)17-6-4-3-5-7-17)25(34)29-27-15-18-13-19(26)14-22(23(18)32)31(35)36/h3-15,32H,1-2H3,(H,28,33)(H,29,34)/b21-12?,27-15+. The van der Waals surface area contributed by atoms with E-state index in [1.165, 1.54) is 12.1 Å². The molecular weight excluding hydrogens is 530 g/mol. The van der Waals surface area contributed by atoms with E-state index >= 15 is 0 Å². The third kappa shape index (κ3) is 6.76. The number of hydrogen-bond donors (Lipinski definition) is 3. The van der Waals surface area contributed by atoms with Crippen LogP contribution in [0.3, 0.4) is 0 Å². The zero-order valence-corrected chi connectivity index (χ0v) is 20.9. The summed E-state index contributed by atoms with van der Waals surface area (Å²) >= 11 is 3.14. The van der Waals surface area contributed by atoms with Crippen molar-refractivity contribution in [1.82, 2.24) is 10.7 Å². The van der Waals surface area contributed by atoms with Crippen LogP contribution in [-0.4, -0.2) is 42.2 Å². The van der Waals surface area contributed by atoms with E-state index in [4.69, 9.17) is 0 Å². The van der Waals surface area contributed by atoms with E-state index in [1.54, 1.807) is 42.5 Å². The van der Waals surface area contributed by atoms with Crippen molar-refractivity contribution in [2.75, 3.05) is 19.0 Å². The van der Waals surface area contributed by atoms with Crippen LogP contribution in [-0.2, 0) is 4.79 Å². The molecule has 0 saturated carbocycles. The van der Waals surface area contributed by atoms with Gasteiger partial charge >= 0.3 is 5.69 Å². The fraction of sp³-hybridized carbons (Fsp3) is 0.0800. The van der Waals surface area contributed by atoms with Gasteiger partial charge in [0.05, 0.1) is 11.1 Å². The third-order valence-electron chi connectivity index (χ3n) is 4.90. The number of phenolic OH excluding ortho intramolecular Hbond substituents is 1. The minimum Gasteiger partial charge on any atom is -0.502 e. The molecule has 0 unspecified atom stereocenters. The van der Waals surface area contributed by atoms with Gasteiger partial charge in [0, 0.05) is 41.4 Å². The zero-order chi connectivity index (χ0) is 26.2. The summed E-state index contributed by atoms with van der Waals surface area (Å²) in [5.41, 5.74) is 3.65. The molecule has 3 aromatic rings. The molecule has 0 aliphatic heterocycles. The summed E-state index contributed by atoms with van der Waals surface area (Å²) in [7, 11) is 3.80. The number of nitro benzene ring substituents is 1. The highest BCUT2D eigenvalue weighted by atomic mass is 79.9. The van der Waals surface area contributed by atoms with Crippen LogP contribution >= 0.6 is 15.9 Å². The number of amides is 2. The molecule has 3 rings (SSSR count). The lowest BCUT2D eigenvalue weighted by molar-refractivity contribution is -0.385. The Labute approximate surface area is 215 Å². The molecule has 0 bridgehead atoms. The molecule has 2 amide bonds. The molecule has 184 valence electrons. The number of benzene rings is 3. The minimum absolute atomic E-state index is 0.00880. The van der Waals surface area contributed by atoms with Crippen molar-refractivity contribution in [3.05, 3.63) is 104 Å². The summed E-state index contributed by atoms with van der Waals surface area (Å²) in [5.74, 6) is -1.84. The third-order valence-corrected chi connectivity index (χ3v) is 5.36. The summed E-state index contributed by atoms with van der Waals surface area (Å²) < 4.78 is 0.344. The number of phenols is 1. The van der Waals surface area contributed by atoms with Gasteiger partial charge in [-0.3, -0.25) is 19.7 Å². The van der Waals surface area contributed by atoms with Gasteiger partial charge in [-0.15, -0.1) is 0 Å². The number of halogens is 1. The first-order valence-electron chi connectivity index (χ1n) is 10.5. The Morgan fingerprint density at radius 2 is 1.75 bits per heavy atom. The number of hydrogen-bond acceptors (Lipinski definition) is 7. The Bertz CT molecular complexity index is 1340. The lowest BCUT2D eigenvalue weighted by Crippen LogP contribution is -2.32. The summed E-state index contributed by atoms with van der Waals surface area (Å²) in [5, 5.41) is 27.6. The van der Waals surface area contributed by atoms with Crippen LogP contribution in [0.4, 0.5) is 11.4 Å². The highest BCUT2D eigenvalue weighted by Crippen LogP contribution is 2.32. The fourth-order valence-corrected chi connectivity index (χ4v) is 3.50. The van der Waals surface area contributed by atoms with Crippen LogP contribution in [0.1, 0.15) is 21.5 Å². The second kappa shape index (κ2) is 11.8. The number of carbonyl (C=O) groups is 2. The minimum atomic E-state index is -0.740. The summed E-state index contributed by atoms with van der Waals surface area (Å²) in [6, 6.07) is 18.2. The first kappa shape index (κ1) is 26.1.